The molecule has 1 unspecified atom stereocenters. The van der Waals surface area contributed by atoms with Crippen molar-refractivity contribution < 1.29 is 14.7 Å². The molecule has 0 aliphatic carbocycles. The maximum Gasteiger partial charge on any atom is 0.303 e. The predicted octanol–water partition coefficient (Wildman–Crippen LogP) is 1.03. The Morgan fingerprint density at radius 2 is 2.33 bits per heavy atom. The number of anilines is 1. The summed E-state index contributed by atoms with van der Waals surface area (Å²) in [6, 6.07) is -0.0344. The van der Waals surface area contributed by atoms with Gasteiger partial charge in [0.1, 0.15) is 0 Å². The van der Waals surface area contributed by atoms with E-state index in [1.165, 1.54) is 11.3 Å². The van der Waals surface area contributed by atoms with Crippen molar-refractivity contribution in [3.8, 4) is 0 Å². The molecule has 1 rings (SSSR count). The van der Waals surface area contributed by atoms with Gasteiger partial charge < -0.3 is 16.2 Å². The van der Waals surface area contributed by atoms with E-state index in [9.17, 15) is 9.59 Å². The number of aromatic nitrogens is 1. The molecule has 0 radical (unpaired) electrons. The highest BCUT2D eigenvalue weighted by molar-refractivity contribution is 7.13. The molecule has 18 heavy (non-hydrogen) atoms. The van der Waals surface area contributed by atoms with Crippen molar-refractivity contribution in [1.29, 1.82) is 0 Å². The second kappa shape index (κ2) is 6.95. The molecule has 1 amide bonds. The van der Waals surface area contributed by atoms with Crippen LogP contribution in [0.15, 0.2) is 5.38 Å². The van der Waals surface area contributed by atoms with Crippen molar-refractivity contribution >= 4 is 28.3 Å². The van der Waals surface area contributed by atoms with Crippen molar-refractivity contribution in [2.24, 2.45) is 0 Å². The van der Waals surface area contributed by atoms with Gasteiger partial charge in [0.25, 0.3) is 0 Å². The third-order valence-electron chi connectivity index (χ3n) is 2.35. The number of hydrogen-bond acceptors (Lipinski definition) is 5. The first-order chi connectivity index (χ1) is 8.47. The number of carbonyl (C=O) groups is 2. The molecule has 7 heteroatoms. The SMILES string of the molecule is CC(CCCC(=O)O)NC(=O)Cc1csc(N)n1. The van der Waals surface area contributed by atoms with Crippen LogP contribution in [0.4, 0.5) is 5.13 Å². The molecule has 0 saturated heterocycles. The minimum atomic E-state index is -0.813. The molecule has 0 spiro atoms. The molecule has 1 heterocycles. The van der Waals surface area contributed by atoms with Gasteiger partial charge in [-0.05, 0) is 19.8 Å². The molecule has 0 aliphatic rings. The third-order valence-corrected chi connectivity index (χ3v) is 3.07. The van der Waals surface area contributed by atoms with E-state index in [1.54, 1.807) is 5.38 Å². The number of carboxylic acid groups (broad SMARTS) is 1. The largest absolute Gasteiger partial charge is 0.481 e. The second-order valence-electron chi connectivity index (χ2n) is 4.11. The van der Waals surface area contributed by atoms with Crippen LogP contribution in [0.25, 0.3) is 0 Å². The molecule has 0 saturated carbocycles. The summed E-state index contributed by atoms with van der Waals surface area (Å²) in [4.78, 5) is 26.0. The molecular weight excluding hydrogens is 254 g/mol. The highest BCUT2D eigenvalue weighted by Gasteiger charge is 2.10. The minimum Gasteiger partial charge on any atom is -0.481 e. The number of carboxylic acids is 1. The molecular formula is C11H17N3O3S. The normalized spacial score (nSPS) is 12.1. The van der Waals surface area contributed by atoms with Crippen LogP contribution in [0.3, 0.4) is 0 Å². The number of amides is 1. The minimum absolute atomic E-state index is 0.0344. The quantitative estimate of drug-likeness (QED) is 0.687. The molecule has 0 bridgehead atoms. The van der Waals surface area contributed by atoms with Crippen LogP contribution < -0.4 is 11.1 Å². The second-order valence-corrected chi connectivity index (χ2v) is 5.00. The zero-order valence-corrected chi connectivity index (χ0v) is 11.0. The zero-order valence-electron chi connectivity index (χ0n) is 10.2. The van der Waals surface area contributed by atoms with E-state index < -0.39 is 5.97 Å². The molecule has 1 atom stereocenters. The summed E-state index contributed by atoms with van der Waals surface area (Å²) < 4.78 is 0. The average Bonchev–Trinajstić information content (AvgIpc) is 2.62. The Morgan fingerprint density at radius 3 is 2.89 bits per heavy atom. The number of aliphatic carboxylic acids is 1. The van der Waals surface area contributed by atoms with Crippen molar-refractivity contribution in [3.05, 3.63) is 11.1 Å². The van der Waals surface area contributed by atoms with Crippen LogP contribution in [0.2, 0.25) is 0 Å². The van der Waals surface area contributed by atoms with E-state index in [1.807, 2.05) is 6.92 Å². The number of hydrogen-bond donors (Lipinski definition) is 3. The maximum absolute atomic E-state index is 11.6. The summed E-state index contributed by atoms with van der Waals surface area (Å²) in [5.74, 6) is -0.936. The lowest BCUT2D eigenvalue weighted by Crippen LogP contribution is -2.33. The number of carbonyl (C=O) groups excluding carboxylic acids is 1. The highest BCUT2D eigenvalue weighted by Crippen LogP contribution is 2.11. The molecule has 1 aromatic rings. The Labute approximate surface area is 109 Å². The van der Waals surface area contributed by atoms with Crippen molar-refractivity contribution in [2.45, 2.75) is 38.6 Å². The van der Waals surface area contributed by atoms with Crippen LogP contribution in [-0.2, 0) is 16.0 Å². The third kappa shape index (κ3) is 5.62. The maximum atomic E-state index is 11.6. The monoisotopic (exact) mass is 271 g/mol. The summed E-state index contributed by atoms with van der Waals surface area (Å²) in [5.41, 5.74) is 6.13. The van der Waals surface area contributed by atoms with Crippen LogP contribution in [0, 0.1) is 0 Å². The average molecular weight is 271 g/mol. The fraction of sp³-hybridized carbons (Fsp3) is 0.545. The number of nitrogens with two attached hydrogens (primary N) is 1. The van der Waals surface area contributed by atoms with E-state index in [4.69, 9.17) is 10.8 Å². The molecule has 0 aliphatic heterocycles. The molecule has 0 aromatic carbocycles. The number of nitrogens with one attached hydrogen (secondary N) is 1. The lowest BCUT2D eigenvalue weighted by molar-refractivity contribution is -0.137. The number of nitrogens with zero attached hydrogens (tertiary/aromatic N) is 1. The Hall–Kier alpha value is -1.63. The van der Waals surface area contributed by atoms with Gasteiger partial charge in [-0.15, -0.1) is 11.3 Å². The molecule has 0 fully saturated rings. The first-order valence-corrected chi connectivity index (χ1v) is 6.56. The fourth-order valence-electron chi connectivity index (χ4n) is 1.53. The summed E-state index contributed by atoms with van der Waals surface area (Å²) in [7, 11) is 0. The van der Waals surface area contributed by atoms with Gasteiger partial charge in [-0.1, -0.05) is 0 Å². The standard InChI is InChI=1S/C11H17N3O3S/c1-7(3-2-4-10(16)17)13-9(15)5-8-6-18-11(12)14-8/h6-7H,2-5H2,1H3,(H2,12,14)(H,13,15)(H,16,17). The first kappa shape index (κ1) is 14.4. The summed E-state index contributed by atoms with van der Waals surface area (Å²) >= 11 is 1.30. The molecule has 100 valence electrons. The lowest BCUT2D eigenvalue weighted by atomic mass is 10.1. The van der Waals surface area contributed by atoms with Gasteiger partial charge in [0.2, 0.25) is 5.91 Å². The summed E-state index contributed by atoms with van der Waals surface area (Å²) in [5, 5.41) is 13.5. The van der Waals surface area contributed by atoms with Gasteiger partial charge in [-0.25, -0.2) is 4.98 Å². The molecule has 4 N–H and O–H groups in total. The topological polar surface area (TPSA) is 105 Å². The van der Waals surface area contributed by atoms with E-state index >= 15 is 0 Å². The van der Waals surface area contributed by atoms with Crippen LogP contribution in [0.5, 0.6) is 0 Å². The van der Waals surface area contributed by atoms with E-state index in [-0.39, 0.29) is 24.8 Å². The van der Waals surface area contributed by atoms with E-state index in [0.717, 1.165) is 0 Å². The fourth-order valence-corrected chi connectivity index (χ4v) is 2.09. The van der Waals surface area contributed by atoms with Crippen LogP contribution >= 0.6 is 11.3 Å². The Bertz CT molecular complexity index is 419. The van der Waals surface area contributed by atoms with Crippen molar-refractivity contribution in [1.82, 2.24) is 10.3 Å². The van der Waals surface area contributed by atoms with Gasteiger partial charge >= 0.3 is 5.97 Å². The van der Waals surface area contributed by atoms with Gasteiger partial charge in [0, 0.05) is 17.8 Å². The summed E-state index contributed by atoms with van der Waals surface area (Å²) in [6.07, 6.45) is 1.54. The first-order valence-electron chi connectivity index (χ1n) is 5.68. The predicted molar refractivity (Wildman–Crippen MR) is 69.3 cm³/mol. The van der Waals surface area contributed by atoms with Crippen LogP contribution in [-0.4, -0.2) is 28.0 Å². The molecule has 6 nitrogen and oxygen atoms in total. The highest BCUT2D eigenvalue weighted by atomic mass is 32.1. The zero-order chi connectivity index (χ0) is 13.5. The van der Waals surface area contributed by atoms with Gasteiger partial charge in [0.15, 0.2) is 5.13 Å². The smallest absolute Gasteiger partial charge is 0.303 e. The van der Waals surface area contributed by atoms with E-state index in [0.29, 0.717) is 23.7 Å². The number of rotatable bonds is 7. The van der Waals surface area contributed by atoms with E-state index in [2.05, 4.69) is 10.3 Å². The van der Waals surface area contributed by atoms with Gasteiger partial charge in [-0.3, -0.25) is 9.59 Å². The lowest BCUT2D eigenvalue weighted by Gasteiger charge is -2.12. The van der Waals surface area contributed by atoms with Gasteiger partial charge in [0.05, 0.1) is 12.1 Å². The summed E-state index contributed by atoms with van der Waals surface area (Å²) in [6.45, 7) is 1.86. The number of thiazole rings is 1. The van der Waals surface area contributed by atoms with Crippen molar-refractivity contribution in [3.63, 3.8) is 0 Å². The van der Waals surface area contributed by atoms with Crippen LogP contribution in [0.1, 0.15) is 31.9 Å². The Balaban J connectivity index is 2.25. The Morgan fingerprint density at radius 1 is 1.61 bits per heavy atom. The molecule has 1 aromatic heterocycles. The Kier molecular flexibility index (Phi) is 5.57. The number of nitrogen functional groups attached to an aromatic ring is 1. The van der Waals surface area contributed by atoms with Gasteiger partial charge in [-0.2, -0.15) is 0 Å². The van der Waals surface area contributed by atoms with Crippen molar-refractivity contribution in [2.75, 3.05) is 5.73 Å².